The summed E-state index contributed by atoms with van der Waals surface area (Å²) < 4.78 is 1.73. The molecule has 2 heterocycles. The van der Waals surface area contributed by atoms with Crippen molar-refractivity contribution in [2.75, 3.05) is 18.5 Å². The van der Waals surface area contributed by atoms with Gasteiger partial charge in [-0.1, -0.05) is 0 Å². The van der Waals surface area contributed by atoms with Gasteiger partial charge in [0.25, 0.3) is 0 Å². The number of fused-ring (bicyclic) bond motifs is 1. The molecule has 1 fully saturated rings. The van der Waals surface area contributed by atoms with Crippen molar-refractivity contribution in [1.82, 2.24) is 4.57 Å². The van der Waals surface area contributed by atoms with Crippen LogP contribution in [0.15, 0.2) is 11.1 Å². The van der Waals surface area contributed by atoms with Gasteiger partial charge in [-0.15, -0.1) is 11.8 Å². The van der Waals surface area contributed by atoms with Gasteiger partial charge in [0.15, 0.2) is 0 Å². The highest BCUT2D eigenvalue weighted by Gasteiger charge is 2.38. The lowest BCUT2D eigenvalue weighted by molar-refractivity contribution is 0.0682. The lowest BCUT2D eigenvalue weighted by atomic mass is 10.2. The Balaban J connectivity index is 2.02. The number of hydrogen-bond donors (Lipinski definition) is 1. The van der Waals surface area contributed by atoms with Crippen LogP contribution < -0.4 is 4.90 Å². The highest BCUT2D eigenvalue weighted by atomic mass is 32.2. The monoisotopic (exact) mass is 252 g/mol. The van der Waals surface area contributed by atoms with Crippen molar-refractivity contribution in [2.24, 2.45) is 13.0 Å². The number of rotatable bonds is 2. The minimum Gasteiger partial charge on any atom is -0.477 e. The number of anilines is 1. The van der Waals surface area contributed by atoms with Gasteiger partial charge in [-0.05, 0) is 18.8 Å². The van der Waals surface area contributed by atoms with E-state index >= 15 is 0 Å². The summed E-state index contributed by atoms with van der Waals surface area (Å²) in [5.74, 6) is -0.0384. The summed E-state index contributed by atoms with van der Waals surface area (Å²) in [4.78, 5) is 14.4. The summed E-state index contributed by atoms with van der Waals surface area (Å²) in [6.07, 6.45) is 4.53. The van der Waals surface area contributed by atoms with E-state index in [1.54, 1.807) is 16.3 Å². The van der Waals surface area contributed by atoms with Crippen LogP contribution in [0, 0.1) is 5.92 Å². The van der Waals surface area contributed by atoms with Crippen LogP contribution in [-0.4, -0.2) is 34.5 Å². The molecule has 0 aromatic carbocycles. The van der Waals surface area contributed by atoms with Crippen LogP contribution in [0.5, 0.6) is 0 Å². The maximum absolute atomic E-state index is 11.3. The minimum absolute atomic E-state index is 0.433. The average Bonchev–Trinajstić information content (AvgIpc) is 3.01. The van der Waals surface area contributed by atoms with E-state index in [0.29, 0.717) is 10.9 Å². The van der Waals surface area contributed by atoms with E-state index in [9.17, 15) is 9.90 Å². The highest BCUT2D eigenvalue weighted by molar-refractivity contribution is 8.00. The smallest absolute Gasteiger partial charge is 0.353 e. The van der Waals surface area contributed by atoms with E-state index in [1.165, 1.54) is 12.8 Å². The van der Waals surface area contributed by atoms with Crippen LogP contribution >= 0.6 is 11.8 Å². The van der Waals surface area contributed by atoms with E-state index in [2.05, 4.69) is 11.9 Å². The molecule has 0 amide bonds. The molecule has 1 N–H and O–H groups in total. The van der Waals surface area contributed by atoms with E-state index in [1.807, 2.05) is 13.2 Å². The van der Waals surface area contributed by atoms with Crippen molar-refractivity contribution in [3.05, 3.63) is 11.9 Å². The van der Waals surface area contributed by atoms with Crippen molar-refractivity contribution in [3.8, 4) is 0 Å². The van der Waals surface area contributed by atoms with Crippen molar-refractivity contribution >= 4 is 23.4 Å². The maximum Gasteiger partial charge on any atom is 0.353 e. The molecule has 17 heavy (non-hydrogen) atoms. The third-order valence-electron chi connectivity index (χ3n) is 3.60. The molecular weight excluding hydrogens is 236 g/mol. The van der Waals surface area contributed by atoms with Gasteiger partial charge in [0.05, 0.1) is 10.6 Å². The predicted octanol–water partition coefficient (Wildman–Crippen LogP) is 2.04. The predicted molar refractivity (Wildman–Crippen MR) is 68.0 cm³/mol. The summed E-state index contributed by atoms with van der Waals surface area (Å²) >= 11 is 1.76. The standard InChI is InChI=1S/C12H16N2O2S/c1-13-6-9(7-3-4-7)17-11-8(13)5-14(2)10(11)12(15)16/h5,7,9H,3-4,6H2,1-2H3,(H,15,16). The Morgan fingerprint density at radius 2 is 2.18 bits per heavy atom. The molecule has 0 saturated heterocycles. The molecule has 1 aliphatic heterocycles. The molecule has 5 heteroatoms. The molecule has 1 unspecified atom stereocenters. The van der Waals surface area contributed by atoms with Gasteiger partial charge in [-0.25, -0.2) is 4.79 Å². The van der Waals surface area contributed by atoms with E-state index in [4.69, 9.17) is 0 Å². The second-order valence-corrected chi connectivity index (χ2v) is 6.23. The molecule has 92 valence electrons. The van der Waals surface area contributed by atoms with Gasteiger partial charge >= 0.3 is 5.97 Å². The lowest BCUT2D eigenvalue weighted by Crippen LogP contribution is -2.32. The summed E-state index contributed by atoms with van der Waals surface area (Å²) in [6, 6.07) is 0. The van der Waals surface area contributed by atoms with Gasteiger partial charge in [0.2, 0.25) is 0 Å². The topological polar surface area (TPSA) is 45.5 Å². The summed E-state index contributed by atoms with van der Waals surface area (Å²) in [7, 11) is 3.86. The fraction of sp³-hybridized carbons (Fsp3) is 0.583. The summed E-state index contributed by atoms with van der Waals surface area (Å²) in [6.45, 7) is 1.03. The zero-order valence-corrected chi connectivity index (χ0v) is 10.8. The van der Waals surface area contributed by atoms with Gasteiger partial charge in [0.1, 0.15) is 5.69 Å². The number of aromatic carboxylic acids is 1. The molecule has 0 spiro atoms. The van der Waals surface area contributed by atoms with Crippen molar-refractivity contribution in [3.63, 3.8) is 0 Å². The van der Waals surface area contributed by atoms with Gasteiger partial charge in [-0.3, -0.25) is 0 Å². The number of carbonyl (C=O) groups is 1. The summed E-state index contributed by atoms with van der Waals surface area (Å²) in [5.41, 5.74) is 1.49. The molecule has 4 nitrogen and oxygen atoms in total. The van der Waals surface area contributed by atoms with E-state index in [-0.39, 0.29) is 0 Å². The Labute approximate surface area is 105 Å². The van der Waals surface area contributed by atoms with Crippen molar-refractivity contribution in [1.29, 1.82) is 0 Å². The fourth-order valence-electron chi connectivity index (χ4n) is 2.49. The van der Waals surface area contributed by atoms with Crippen molar-refractivity contribution in [2.45, 2.75) is 23.0 Å². The third-order valence-corrected chi connectivity index (χ3v) is 5.08. The van der Waals surface area contributed by atoms with Crippen LogP contribution in [-0.2, 0) is 7.05 Å². The molecule has 1 aromatic rings. The average molecular weight is 252 g/mol. The third kappa shape index (κ3) is 1.73. The largest absolute Gasteiger partial charge is 0.477 e. The fourth-order valence-corrected chi connectivity index (χ4v) is 4.23. The first-order valence-corrected chi connectivity index (χ1v) is 6.76. The number of aromatic nitrogens is 1. The zero-order valence-electron chi connectivity index (χ0n) is 10.0. The maximum atomic E-state index is 11.3. The van der Waals surface area contributed by atoms with Crippen LogP contribution in [0.3, 0.4) is 0 Å². The Bertz CT molecular complexity index is 479. The van der Waals surface area contributed by atoms with Crippen LogP contribution in [0.1, 0.15) is 23.3 Å². The number of nitrogens with zero attached hydrogens (tertiary/aromatic N) is 2. The molecule has 1 aliphatic carbocycles. The first kappa shape index (κ1) is 11.0. The van der Waals surface area contributed by atoms with Gasteiger partial charge in [0, 0.05) is 32.1 Å². The zero-order chi connectivity index (χ0) is 12.2. The number of aryl methyl sites for hydroxylation is 1. The SMILES string of the molecule is CN1CC(C2CC2)Sc2c1cn(C)c2C(=O)O. The number of carboxylic acids is 1. The second-order valence-electron chi connectivity index (χ2n) is 4.98. The van der Waals surface area contributed by atoms with Crippen molar-refractivity contribution < 1.29 is 9.90 Å². The normalized spacial score (nSPS) is 23.6. The quantitative estimate of drug-likeness (QED) is 0.875. The molecule has 2 aliphatic rings. The summed E-state index contributed by atoms with van der Waals surface area (Å²) in [5, 5.41) is 9.85. The molecule has 1 atom stereocenters. The first-order chi connectivity index (χ1) is 8.08. The van der Waals surface area contributed by atoms with E-state index < -0.39 is 5.97 Å². The van der Waals surface area contributed by atoms with E-state index in [0.717, 1.165) is 23.0 Å². The Hall–Kier alpha value is -1.10. The molecule has 0 bridgehead atoms. The number of hydrogen-bond acceptors (Lipinski definition) is 3. The van der Waals surface area contributed by atoms with Crippen LogP contribution in [0.25, 0.3) is 0 Å². The minimum atomic E-state index is -0.828. The second kappa shape index (κ2) is 3.70. The van der Waals surface area contributed by atoms with Crippen LogP contribution in [0.2, 0.25) is 0 Å². The first-order valence-electron chi connectivity index (χ1n) is 5.88. The number of carboxylic acid groups (broad SMARTS) is 1. The molecule has 0 radical (unpaired) electrons. The van der Waals surface area contributed by atoms with Gasteiger partial charge in [-0.2, -0.15) is 0 Å². The highest BCUT2D eigenvalue weighted by Crippen LogP contribution is 2.49. The van der Waals surface area contributed by atoms with Crippen LogP contribution in [0.4, 0.5) is 5.69 Å². The number of thioether (sulfide) groups is 1. The Morgan fingerprint density at radius 1 is 1.47 bits per heavy atom. The Morgan fingerprint density at radius 3 is 2.76 bits per heavy atom. The Kier molecular flexibility index (Phi) is 2.40. The molecule has 1 aromatic heterocycles. The molecule has 1 saturated carbocycles. The van der Waals surface area contributed by atoms with Gasteiger partial charge < -0.3 is 14.6 Å². The molecular formula is C12H16N2O2S. The lowest BCUT2D eigenvalue weighted by Gasteiger charge is -2.31. The molecule has 3 rings (SSSR count).